The highest BCUT2D eigenvalue weighted by molar-refractivity contribution is 8.00. The summed E-state index contributed by atoms with van der Waals surface area (Å²) in [6.07, 6.45) is -1.52. The molecule has 1 fully saturated rings. The Bertz CT molecular complexity index is 628. The average Bonchev–Trinajstić information content (AvgIpc) is 2.83. The summed E-state index contributed by atoms with van der Waals surface area (Å²) in [6.45, 7) is 1.64. The van der Waals surface area contributed by atoms with Gasteiger partial charge in [0.2, 0.25) is 11.8 Å². The number of carbonyl (C=O) groups excluding carboxylic acids is 1. The zero-order valence-corrected chi connectivity index (χ0v) is 11.1. The van der Waals surface area contributed by atoms with Crippen LogP contribution in [0.25, 0.3) is 5.70 Å². The summed E-state index contributed by atoms with van der Waals surface area (Å²) >= 11 is 1.39. The Morgan fingerprint density at radius 3 is 2.95 bits per heavy atom. The van der Waals surface area contributed by atoms with E-state index in [0.717, 1.165) is 4.80 Å². The molecule has 10 nitrogen and oxygen atoms in total. The molecule has 2 atom stereocenters. The van der Waals surface area contributed by atoms with Crippen molar-refractivity contribution in [2.24, 2.45) is 5.73 Å². The molecule has 11 heteroatoms. The Morgan fingerprint density at radius 1 is 1.60 bits per heavy atom. The van der Waals surface area contributed by atoms with Crippen molar-refractivity contribution in [3.63, 3.8) is 0 Å². The normalized spacial score (nSPS) is 25.3. The number of ether oxygens (including phenoxy) is 1. The lowest BCUT2D eigenvalue weighted by Crippen LogP contribution is -2.68. The minimum absolute atomic E-state index is 0.106. The molecular formula is C9H10N6O4S. The van der Waals surface area contributed by atoms with Gasteiger partial charge in [-0.25, -0.2) is 4.79 Å². The van der Waals surface area contributed by atoms with Crippen molar-refractivity contribution in [3.8, 4) is 0 Å². The van der Waals surface area contributed by atoms with E-state index in [1.165, 1.54) is 16.7 Å². The highest BCUT2D eigenvalue weighted by atomic mass is 32.2. The number of aromatic nitrogens is 4. The number of hydrogen-bond acceptors (Lipinski definition) is 8. The van der Waals surface area contributed by atoms with Gasteiger partial charge in [-0.05, 0) is 12.1 Å². The summed E-state index contributed by atoms with van der Waals surface area (Å²) in [6, 6.07) is -0.653. The molecule has 0 spiro atoms. The van der Waals surface area contributed by atoms with E-state index in [1.54, 1.807) is 6.92 Å². The Morgan fingerprint density at radius 2 is 2.35 bits per heavy atom. The van der Waals surface area contributed by atoms with E-state index in [1.807, 2.05) is 0 Å². The predicted octanol–water partition coefficient (Wildman–Crippen LogP) is -0.955. The lowest BCUT2D eigenvalue weighted by Gasteiger charge is -2.47. The van der Waals surface area contributed by atoms with Crippen LogP contribution in [0.5, 0.6) is 0 Å². The van der Waals surface area contributed by atoms with Gasteiger partial charge in [0.05, 0.1) is 0 Å². The molecule has 3 heterocycles. The van der Waals surface area contributed by atoms with Crippen LogP contribution >= 0.6 is 11.8 Å². The van der Waals surface area contributed by atoms with Gasteiger partial charge >= 0.3 is 6.16 Å². The first-order valence-electron chi connectivity index (χ1n) is 5.60. The van der Waals surface area contributed by atoms with E-state index in [4.69, 9.17) is 15.6 Å². The summed E-state index contributed by atoms with van der Waals surface area (Å²) < 4.78 is 4.72. The van der Waals surface area contributed by atoms with Crippen molar-refractivity contribution < 1.29 is 19.4 Å². The first kappa shape index (κ1) is 12.9. The van der Waals surface area contributed by atoms with Gasteiger partial charge in [0.15, 0.2) is 5.82 Å². The number of carbonyl (C=O) groups is 2. The molecule has 2 aliphatic heterocycles. The van der Waals surface area contributed by atoms with Crippen LogP contribution in [0.1, 0.15) is 5.82 Å². The van der Waals surface area contributed by atoms with Crippen LogP contribution in [0.2, 0.25) is 0 Å². The van der Waals surface area contributed by atoms with Gasteiger partial charge in [0.1, 0.15) is 17.1 Å². The zero-order chi connectivity index (χ0) is 14.4. The van der Waals surface area contributed by atoms with Gasteiger partial charge in [-0.1, -0.05) is 0 Å². The van der Waals surface area contributed by atoms with Crippen molar-refractivity contribution in [2.45, 2.75) is 18.3 Å². The number of tetrazole rings is 1. The second kappa shape index (κ2) is 4.45. The Balaban J connectivity index is 2.04. The maximum absolute atomic E-state index is 11.8. The summed E-state index contributed by atoms with van der Waals surface area (Å²) in [5.74, 6) is 0.282. The Kier molecular flexibility index (Phi) is 2.87. The van der Waals surface area contributed by atoms with Crippen LogP contribution in [0, 0.1) is 6.92 Å². The van der Waals surface area contributed by atoms with Gasteiger partial charge in [-0.2, -0.15) is 0 Å². The summed E-state index contributed by atoms with van der Waals surface area (Å²) in [5.41, 5.74) is 6.01. The second-order valence-corrected chi connectivity index (χ2v) is 5.29. The molecule has 3 N–H and O–H groups in total. The number of nitrogens with two attached hydrogens (primary N) is 1. The molecule has 0 aromatic carbocycles. The second-order valence-electron chi connectivity index (χ2n) is 4.18. The van der Waals surface area contributed by atoms with Gasteiger partial charge in [0.25, 0.3) is 0 Å². The number of β-lactam (4-membered cyclic amide) rings is 1. The highest BCUT2D eigenvalue weighted by Crippen LogP contribution is 2.40. The predicted molar refractivity (Wildman–Crippen MR) is 65.9 cm³/mol. The summed E-state index contributed by atoms with van der Waals surface area (Å²) in [7, 11) is 0. The largest absolute Gasteiger partial charge is 0.512 e. The van der Waals surface area contributed by atoms with Gasteiger partial charge in [-0.3, -0.25) is 9.69 Å². The fourth-order valence-corrected chi connectivity index (χ4v) is 3.22. The molecular weight excluding hydrogens is 288 g/mol. The van der Waals surface area contributed by atoms with Crippen LogP contribution in [-0.2, 0) is 9.53 Å². The average molecular weight is 298 g/mol. The van der Waals surface area contributed by atoms with Crippen molar-refractivity contribution in [1.29, 1.82) is 0 Å². The minimum Gasteiger partial charge on any atom is -0.449 e. The van der Waals surface area contributed by atoms with E-state index >= 15 is 0 Å². The minimum atomic E-state index is -1.52. The molecule has 1 amide bonds. The van der Waals surface area contributed by atoms with E-state index in [0.29, 0.717) is 17.3 Å². The quantitative estimate of drug-likeness (QED) is 0.522. The van der Waals surface area contributed by atoms with E-state index in [2.05, 4.69) is 15.4 Å². The lowest BCUT2D eigenvalue weighted by atomic mass is 10.1. The van der Waals surface area contributed by atoms with Gasteiger partial charge in [0, 0.05) is 5.75 Å². The molecule has 0 aliphatic carbocycles. The summed E-state index contributed by atoms with van der Waals surface area (Å²) in [4.78, 5) is 25.0. The van der Waals surface area contributed by atoms with Crippen molar-refractivity contribution in [2.75, 3.05) is 5.75 Å². The number of carboxylic acid groups (broad SMARTS) is 1. The monoisotopic (exact) mass is 298 g/mol. The topological polar surface area (TPSA) is 136 Å². The molecule has 106 valence electrons. The fraction of sp³-hybridized carbons (Fsp3) is 0.444. The molecule has 1 aromatic heterocycles. The number of nitrogens with zero attached hydrogens (tertiary/aromatic N) is 5. The number of hydrogen-bond donors (Lipinski definition) is 2. The van der Waals surface area contributed by atoms with Crippen molar-refractivity contribution in [3.05, 3.63) is 11.7 Å². The maximum atomic E-state index is 11.8. The van der Waals surface area contributed by atoms with E-state index < -0.39 is 18.1 Å². The van der Waals surface area contributed by atoms with Crippen LogP contribution < -0.4 is 5.73 Å². The molecule has 3 rings (SSSR count). The number of rotatable bonds is 2. The zero-order valence-electron chi connectivity index (χ0n) is 10.3. The van der Waals surface area contributed by atoms with E-state index in [9.17, 15) is 9.59 Å². The lowest BCUT2D eigenvalue weighted by molar-refractivity contribution is -0.144. The van der Waals surface area contributed by atoms with Crippen molar-refractivity contribution in [1.82, 2.24) is 25.1 Å². The van der Waals surface area contributed by atoms with E-state index in [-0.39, 0.29) is 11.3 Å². The third-order valence-electron chi connectivity index (χ3n) is 2.88. The SMILES string of the molecule is Cc1nnn(C2=C(OC(=O)O)N3C(=O)[C@@H](N)[C@H]3SC2)n1. The smallest absolute Gasteiger partial charge is 0.449 e. The molecule has 1 saturated heterocycles. The van der Waals surface area contributed by atoms with Crippen LogP contribution in [-0.4, -0.2) is 59.4 Å². The number of thioether (sulfide) groups is 1. The number of aryl methyl sites for hydroxylation is 1. The van der Waals surface area contributed by atoms with Crippen molar-refractivity contribution >= 4 is 29.5 Å². The molecule has 0 saturated carbocycles. The Hall–Kier alpha value is -2.14. The standard InChI is InChI=1S/C9H10N6O4S/c1-3-11-13-15(12-3)4-2-20-8-5(10)6(16)14(8)7(4)19-9(17)18/h5,8H,2,10H2,1H3,(H,17,18)/t5-,8-/m1/s1. The van der Waals surface area contributed by atoms with Gasteiger partial charge < -0.3 is 15.6 Å². The number of amides is 1. The first-order valence-corrected chi connectivity index (χ1v) is 6.65. The fourth-order valence-electron chi connectivity index (χ4n) is 1.98. The van der Waals surface area contributed by atoms with Crippen LogP contribution in [0.4, 0.5) is 4.79 Å². The first-order chi connectivity index (χ1) is 9.49. The molecule has 2 aliphatic rings. The maximum Gasteiger partial charge on any atom is 0.512 e. The van der Waals surface area contributed by atoms with Gasteiger partial charge in [-0.15, -0.1) is 26.8 Å². The number of fused-ring (bicyclic) bond motifs is 1. The molecule has 0 bridgehead atoms. The molecule has 1 aromatic rings. The summed E-state index contributed by atoms with van der Waals surface area (Å²) in [5, 5.41) is 20.0. The Labute approximate surface area is 116 Å². The van der Waals surface area contributed by atoms with Crippen LogP contribution in [0.15, 0.2) is 5.88 Å². The highest BCUT2D eigenvalue weighted by Gasteiger charge is 2.52. The molecule has 20 heavy (non-hydrogen) atoms. The molecule has 0 radical (unpaired) electrons. The molecule has 0 unspecified atom stereocenters. The third-order valence-corrected chi connectivity index (χ3v) is 4.17. The van der Waals surface area contributed by atoms with Crippen LogP contribution in [0.3, 0.4) is 0 Å². The third kappa shape index (κ3) is 1.82.